The molecule has 1 aliphatic rings. The van der Waals surface area contributed by atoms with E-state index in [1.54, 1.807) is 0 Å². The maximum Gasteiger partial charge on any atom is 0.326 e. The van der Waals surface area contributed by atoms with Crippen LogP contribution in [-0.2, 0) is 4.79 Å². The molecule has 0 aliphatic carbocycles. The van der Waals surface area contributed by atoms with Crippen LogP contribution in [-0.4, -0.2) is 18.5 Å². The maximum absolute atomic E-state index is 11.5. The first kappa shape index (κ1) is 10.4. The molecule has 0 atom stereocenters. The fourth-order valence-electron chi connectivity index (χ4n) is 1.58. The van der Waals surface area contributed by atoms with Crippen molar-refractivity contribution >= 4 is 17.5 Å². The molecule has 5 heteroatoms. The van der Waals surface area contributed by atoms with Gasteiger partial charge in [0, 0.05) is 12.1 Å². The Labute approximate surface area is 92.3 Å². The lowest BCUT2D eigenvalue weighted by molar-refractivity contribution is -0.115. The number of carbonyl (C=O) groups is 2. The van der Waals surface area contributed by atoms with Crippen molar-refractivity contribution in [3.8, 4) is 0 Å². The third-order valence-corrected chi connectivity index (χ3v) is 2.32. The molecule has 3 amide bonds. The van der Waals surface area contributed by atoms with Crippen molar-refractivity contribution < 1.29 is 9.59 Å². The van der Waals surface area contributed by atoms with Gasteiger partial charge in [-0.1, -0.05) is 30.3 Å². The molecular weight excluding hydrogens is 206 g/mol. The summed E-state index contributed by atoms with van der Waals surface area (Å²) < 4.78 is 0. The molecule has 5 nitrogen and oxygen atoms in total. The summed E-state index contributed by atoms with van der Waals surface area (Å²) in [4.78, 5) is 22.4. The van der Waals surface area contributed by atoms with Gasteiger partial charge in [-0.2, -0.15) is 0 Å². The van der Waals surface area contributed by atoms with Gasteiger partial charge in [0.25, 0.3) is 5.91 Å². The summed E-state index contributed by atoms with van der Waals surface area (Å²) in [6.07, 6.45) is 0. The van der Waals surface area contributed by atoms with Crippen molar-refractivity contribution in [1.82, 2.24) is 10.6 Å². The van der Waals surface area contributed by atoms with Gasteiger partial charge < -0.3 is 11.1 Å². The number of rotatable bonds is 2. The Morgan fingerprint density at radius 3 is 2.31 bits per heavy atom. The number of benzene rings is 1. The second kappa shape index (κ2) is 4.16. The lowest BCUT2D eigenvalue weighted by Gasteiger charge is -2.07. The lowest BCUT2D eigenvalue weighted by Crippen LogP contribution is -2.22. The quantitative estimate of drug-likeness (QED) is 0.488. The van der Waals surface area contributed by atoms with Crippen molar-refractivity contribution in [2.45, 2.75) is 0 Å². The van der Waals surface area contributed by atoms with E-state index >= 15 is 0 Å². The highest BCUT2D eigenvalue weighted by atomic mass is 16.2. The minimum Gasteiger partial charge on any atom is -0.326 e. The molecule has 1 heterocycles. The van der Waals surface area contributed by atoms with Crippen LogP contribution >= 0.6 is 0 Å². The van der Waals surface area contributed by atoms with E-state index in [1.165, 1.54) is 0 Å². The van der Waals surface area contributed by atoms with Gasteiger partial charge in [-0.25, -0.2) is 4.79 Å². The molecule has 0 radical (unpaired) electrons. The van der Waals surface area contributed by atoms with Crippen LogP contribution in [0.1, 0.15) is 5.56 Å². The number of nitrogens with two attached hydrogens (primary N) is 1. The Morgan fingerprint density at radius 2 is 1.81 bits per heavy atom. The van der Waals surface area contributed by atoms with Crippen LogP contribution < -0.4 is 16.4 Å². The zero-order valence-corrected chi connectivity index (χ0v) is 8.49. The molecule has 0 aromatic heterocycles. The molecule has 0 unspecified atom stereocenters. The van der Waals surface area contributed by atoms with Crippen molar-refractivity contribution in [1.29, 1.82) is 0 Å². The average molecular weight is 217 g/mol. The highest BCUT2D eigenvalue weighted by Crippen LogP contribution is 2.17. The van der Waals surface area contributed by atoms with E-state index in [-0.39, 0.29) is 12.2 Å². The van der Waals surface area contributed by atoms with E-state index in [9.17, 15) is 9.59 Å². The van der Waals surface area contributed by atoms with Crippen LogP contribution in [0.25, 0.3) is 5.57 Å². The van der Waals surface area contributed by atoms with Crippen LogP contribution in [0.15, 0.2) is 36.0 Å². The molecule has 82 valence electrons. The standard InChI is InChI=1S/C11H11N3O2/c12-6-8(7-4-2-1-3-5-7)9-10(15)14-11(16)13-9/h1-5H,6,12H2,(H2,13,14,15,16). The van der Waals surface area contributed by atoms with Gasteiger partial charge in [-0.15, -0.1) is 0 Å². The molecule has 1 saturated heterocycles. The summed E-state index contributed by atoms with van der Waals surface area (Å²) in [6.45, 7) is 0.188. The summed E-state index contributed by atoms with van der Waals surface area (Å²) in [6, 6.07) is 8.73. The van der Waals surface area contributed by atoms with E-state index in [0.717, 1.165) is 5.56 Å². The number of hydrogen-bond acceptors (Lipinski definition) is 3. The van der Waals surface area contributed by atoms with E-state index in [2.05, 4.69) is 10.6 Å². The van der Waals surface area contributed by atoms with E-state index in [1.807, 2.05) is 30.3 Å². The molecule has 0 saturated carbocycles. The zero-order valence-electron chi connectivity index (χ0n) is 8.49. The SMILES string of the molecule is NCC(=C1NC(=O)NC1=O)c1ccccc1. The molecule has 0 spiro atoms. The van der Waals surface area contributed by atoms with E-state index in [4.69, 9.17) is 5.73 Å². The zero-order chi connectivity index (χ0) is 11.5. The molecule has 0 bridgehead atoms. The summed E-state index contributed by atoms with van der Waals surface area (Å²) in [7, 11) is 0. The molecule has 1 aliphatic heterocycles. The van der Waals surface area contributed by atoms with Crippen molar-refractivity contribution in [3.05, 3.63) is 41.6 Å². The Bertz CT molecular complexity index is 465. The maximum atomic E-state index is 11.5. The van der Waals surface area contributed by atoms with Gasteiger partial charge in [0.1, 0.15) is 5.70 Å². The Balaban J connectivity index is 2.47. The summed E-state index contributed by atoms with van der Waals surface area (Å²) in [5.41, 5.74) is 7.30. The topological polar surface area (TPSA) is 84.2 Å². The number of hydrogen-bond donors (Lipinski definition) is 3. The number of amides is 3. The number of urea groups is 1. The predicted molar refractivity (Wildman–Crippen MR) is 59.1 cm³/mol. The van der Waals surface area contributed by atoms with Gasteiger partial charge in [0.05, 0.1) is 0 Å². The van der Waals surface area contributed by atoms with Crippen molar-refractivity contribution in [2.24, 2.45) is 5.73 Å². The Morgan fingerprint density at radius 1 is 1.12 bits per heavy atom. The molecular formula is C11H11N3O2. The minimum atomic E-state index is -0.512. The van der Waals surface area contributed by atoms with Gasteiger partial charge in [0.2, 0.25) is 0 Å². The molecule has 2 rings (SSSR count). The normalized spacial score (nSPS) is 18.1. The largest absolute Gasteiger partial charge is 0.326 e. The summed E-state index contributed by atoms with van der Waals surface area (Å²) in [5.74, 6) is -0.436. The first-order valence-corrected chi connectivity index (χ1v) is 4.83. The number of nitrogens with one attached hydrogen (secondary N) is 2. The first-order chi connectivity index (χ1) is 7.72. The highest BCUT2D eigenvalue weighted by Gasteiger charge is 2.26. The van der Waals surface area contributed by atoms with Crippen molar-refractivity contribution in [2.75, 3.05) is 6.54 Å². The fourth-order valence-corrected chi connectivity index (χ4v) is 1.58. The third-order valence-electron chi connectivity index (χ3n) is 2.32. The molecule has 1 aromatic carbocycles. The van der Waals surface area contributed by atoms with Crippen molar-refractivity contribution in [3.63, 3.8) is 0 Å². The van der Waals surface area contributed by atoms with Crippen LogP contribution in [0.5, 0.6) is 0 Å². The van der Waals surface area contributed by atoms with Crippen LogP contribution in [0, 0.1) is 0 Å². The predicted octanol–water partition coefficient (Wildman–Crippen LogP) is 0.196. The van der Waals surface area contributed by atoms with Crippen LogP contribution in [0.4, 0.5) is 4.79 Å². The Hall–Kier alpha value is -2.14. The van der Waals surface area contributed by atoms with E-state index < -0.39 is 11.9 Å². The first-order valence-electron chi connectivity index (χ1n) is 4.83. The average Bonchev–Trinajstić information content (AvgIpc) is 2.61. The smallest absolute Gasteiger partial charge is 0.326 e. The molecule has 1 fully saturated rings. The monoisotopic (exact) mass is 217 g/mol. The summed E-state index contributed by atoms with van der Waals surface area (Å²) >= 11 is 0. The summed E-state index contributed by atoms with van der Waals surface area (Å²) in [5, 5.41) is 4.60. The Kier molecular flexibility index (Phi) is 2.70. The second-order valence-electron chi connectivity index (χ2n) is 3.33. The molecule has 4 N–H and O–H groups in total. The molecule has 16 heavy (non-hydrogen) atoms. The van der Waals surface area contributed by atoms with Crippen LogP contribution in [0.2, 0.25) is 0 Å². The van der Waals surface area contributed by atoms with Gasteiger partial charge in [-0.05, 0) is 5.56 Å². The fraction of sp³-hybridized carbons (Fsp3) is 0.0909. The highest BCUT2D eigenvalue weighted by molar-refractivity contribution is 6.15. The number of imide groups is 1. The molecule has 1 aromatic rings. The van der Waals surface area contributed by atoms with Crippen LogP contribution in [0.3, 0.4) is 0 Å². The third kappa shape index (κ3) is 1.80. The number of carbonyl (C=O) groups excluding carboxylic acids is 2. The van der Waals surface area contributed by atoms with E-state index in [0.29, 0.717) is 5.57 Å². The van der Waals surface area contributed by atoms with Gasteiger partial charge in [0.15, 0.2) is 0 Å². The van der Waals surface area contributed by atoms with Gasteiger partial charge >= 0.3 is 6.03 Å². The van der Waals surface area contributed by atoms with Gasteiger partial charge in [-0.3, -0.25) is 10.1 Å². The minimum absolute atomic E-state index is 0.188. The lowest BCUT2D eigenvalue weighted by atomic mass is 10.0. The second-order valence-corrected chi connectivity index (χ2v) is 3.33.